The van der Waals surface area contributed by atoms with Gasteiger partial charge in [-0.05, 0) is 62.1 Å². The number of benzene rings is 1. The Balaban J connectivity index is 1.04. The summed E-state index contributed by atoms with van der Waals surface area (Å²) in [6.07, 6.45) is 10.7. The Kier molecular flexibility index (Phi) is 5.35. The van der Waals surface area contributed by atoms with E-state index >= 15 is 0 Å². The lowest BCUT2D eigenvalue weighted by molar-refractivity contribution is 0.0520. The van der Waals surface area contributed by atoms with E-state index in [1.54, 1.807) is 0 Å². The molecule has 3 nitrogen and oxygen atoms in total. The molecule has 0 aromatic heterocycles. The first-order valence-corrected chi connectivity index (χ1v) is 11.2. The Morgan fingerprint density at radius 1 is 0.778 bits per heavy atom. The van der Waals surface area contributed by atoms with Gasteiger partial charge in [-0.25, -0.2) is 0 Å². The molecule has 2 aliphatic heterocycles. The van der Waals surface area contributed by atoms with Crippen molar-refractivity contribution in [3.63, 3.8) is 0 Å². The van der Waals surface area contributed by atoms with Crippen LogP contribution >= 0.6 is 0 Å². The van der Waals surface area contributed by atoms with E-state index in [0.29, 0.717) is 0 Å². The molecule has 0 spiro atoms. The van der Waals surface area contributed by atoms with E-state index in [-0.39, 0.29) is 0 Å². The fraction of sp³-hybridized carbons (Fsp3) is 0.667. The lowest BCUT2D eigenvalue weighted by Crippen LogP contribution is -2.53. The zero-order valence-electron chi connectivity index (χ0n) is 16.7. The van der Waals surface area contributed by atoms with Crippen LogP contribution in [0.15, 0.2) is 42.5 Å². The molecule has 2 heterocycles. The van der Waals surface area contributed by atoms with Gasteiger partial charge in [-0.3, -0.25) is 9.80 Å². The van der Waals surface area contributed by atoms with E-state index in [4.69, 9.17) is 0 Å². The van der Waals surface area contributed by atoms with E-state index in [2.05, 4.69) is 57.2 Å². The lowest BCUT2D eigenvalue weighted by atomic mass is 9.92. The van der Waals surface area contributed by atoms with Crippen LogP contribution in [0, 0.1) is 17.8 Å². The molecule has 3 atom stereocenters. The number of rotatable bonds is 5. The quantitative estimate of drug-likeness (QED) is 0.740. The third-order valence-corrected chi connectivity index (χ3v) is 7.64. The second-order valence-electron chi connectivity index (χ2n) is 9.37. The van der Waals surface area contributed by atoms with E-state index in [1.165, 1.54) is 77.1 Å². The van der Waals surface area contributed by atoms with Gasteiger partial charge in [0.1, 0.15) is 0 Å². The van der Waals surface area contributed by atoms with Gasteiger partial charge in [0.2, 0.25) is 0 Å². The van der Waals surface area contributed by atoms with E-state index < -0.39 is 0 Å². The van der Waals surface area contributed by atoms with Crippen LogP contribution in [0.2, 0.25) is 0 Å². The first-order valence-electron chi connectivity index (χ1n) is 11.2. The minimum Gasteiger partial charge on any atom is -0.303 e. The highest BCUT2D eigenvalue weighted by Crippen LogP contribution is 2.43. The van der Waals surface area contributed by atoms with Crippen molar-refractivity contribution in [3.8, 4) is 0 Å². The van der Waals surface area contributed by atoms with Gasteiger partial charge < -0.3 is 4.90 Å². The molecule has 1 saturated carbocycles. The van der Waals surface area contributed by atoms with Crippen molar-refractivity contribution in [1.82, 2.24) is 14.7 Å². The molecule has 5 rings (SSSR count). The van der Waals surface area contributed by atoms with Gasteiger partial charge in [-0.15, -0.1) is 0 Å². The molecular formula is C24H35N3. The van der Waals surface area contributed by atoms with Crippen LogP contribution in [0.3, 0.4) is 0 Å². The van der Waals surface area contributed by atoms with Crippen molar-refractivity contribution in [2.24, 2.45) is 17.8 Å². The van der Waals surface area contributed by atoms with Crippen LogP contribution in [0.25, 0.3) is 0 Å². The summed E-state index contributed by atoms with van der Waals surface area (Å²) in [6, 6.07) is 11.8. The van der Waals surface area contributed by atoms with Crippen LogP contribution in [0.1, 0.15) is 31.2 Å². The molecule has 0 N–H and O–H groups in total. The summed E-state index contributed by atoms with van der Waals surface area (Å²) in [4.78, 5) is 8.20. The van der Waals surface area contributed by atoms with Gasteiger partial charge in [-0.1, -0.05) is 42.5 Å². The summed E-state index contributed by atoms with van der Waals surface area (Å²) in [5.74, 6) is 2.79. The highest BCUT2D eigenvalue weighted by atomic mass is 15.3. The largest absolute Gasteiger partial charge is 0.303 e. The normalized spacial score (nSPS) is 33.1. The van der Waals surface area contributed by atoms with Crippen molar-refractivity contribution in [2.75, 3.05) is 45.8 Å². The van der Waals surface area contributed by atoms with Crippen LogP contribution in [-0.4, -0.2) is 66.6 Å². The molecule has 3 fully saturated rings. The first-order chi connectivity index (χ1) is 13.3. The van der Waals surface area contributed by atoms with Crippen molar-refractivity contribution in [2.45, 2.75) is 38.3 Å². The van der Waals surface area contributed by atoms with Gasteiger partial charge in [0.25, 0.3) is 0 Å². The molecule has 0 unspecified atom stereocenters. The molecule has 1 aromatic rings. The Morgan fingerprint density at radius 2 is 1.56 bits per heavy atom. The summed E-state index contributed by atoms with van der Waals surface area (Å²) >= 11 is 0. The molecular weight excluding hydrogens is 330 g/mol. The van der Waals surface area contributed by atoms with Crippen molar-refractivity contribution >= 4 is 0 Å². The number of nitrogens with zero attached hydrogens (tertiary/aromatic N) is 3. The fourth-order valence-electron chi connectivity index (χ4n) is 6.03. The molecule has 0 amide bonds. The van der Waals surface area contributed by atoms with Gasteiger partial charge in [-0.2, -0.15) is 0 Å². The third kappa shape index (κ3) is 4.16. The maximum atomic E-state index is 2.79. The summed E-state index contributed by atoms with van der Waals surface area (Å²) in [6.45, 7) is 10.1. The Bertz CT molecular complexity index is 626. The number of hydrogen-bond acceptors (Lipinski definition) is 3. The Labute approximate surface area is 165 Å². The number of hydrogen-bond donors (Lipinski definition) is 0. The zero-order chi connectivity index (χ0) is 18.1. The topological polar surface area (TPSA) is 9.72 Å². The predicted molar refractivity (Wildman–Crippen MR) is 112 cm³/mol. The van der Waals surface area contributed by atoms with E-state index in [1.807, 2.05) is 0 Å². The maximum Gasteiger partial charge on any atom is 0.0234 e. The predicted octanol–water partition coefficient (Wildman–Crippen LogP) is 3.48. The van der Waals surface area contributed by atoms with Gasteiger partial charge in [0.05, 0.1) is 0 Å². The smallest absolute Gasteiger partial charge is 0.0234 e. The van der Waals surface area contributed by atoms with E-state index in [9.17, 15) is 0 Å². The van der Waals surface area contributed by atoms with Gasteiger partial charge in [0, 0.05) is 45.3 Å². The minimum atomic E-state index is 0.833. The lowest BCUT2D eigenvalue weighted by Gasteiger charge is -2.43. The fourth-order valence-corrected chi connectivity index (χ4v) is 6.03. The summed E-state index contributed by atoms with van der Waals surface area (Å²) in [5, 5.41) is 0. The van der Waals surface area contributed by atoms with Crippen LogP contribution in [0.4, 0.5) is 0 Å². The molecule has 2 bridgehead atoms. The monoisotopic (exact) mass is 365 g/mol. The maximum absolute atomic E-state index is 2.79. The van der Waals surface area contributed by atoms with E-state index in [0.717, 1.165) is 30.3 Å². The number of fused-ring (bicyclic) bond motifs is 2. The second kappa shape index (κ2) is 8.06. The number of likely N-dealkylation sites (tertiary alicyclic amines) is 1. The molecule has 2 saturated heterocycles. The number of allylic oxidation sites excluding steroid dienone is 2. The average molecular weight is 366 g/mol. The second-order valence-corrected chi connectivity index (χ2v) is 9.37. The summed E-state index contributed by atoms with van der Waals surface area (Å²) in [7, 11) is 0. The van der Waals surface area contributed by atoms with Gasteiger partial charge >= 0.3 is 0 Å². The van der Waals surface area contributed by atoms with Crippen molar-refractivity contribution in [3.05, 3.63) is 48.0 Å². The number of piperazine rings is 1. The Morgan fingerprint density at radius 3 is 2.22 bits per heavy atom. The number of piperidine rings is 1. The summed E-state index contributed by atoms with van der Waals surface area (Å²) < 4.78 is 0. The van der Waals surface area contributed by atoms with Gasteiger partial charge in [0.15, 0.2) is 0 Å². The molecule has 2 aliphatic carbocycles. The molecule has 3 heteroatoms. The van der Waals surface area contributed by atoms with Crippen LogP contribution in [0.5, 0.6) is 0 Å². The minimum absolute atomic E-state index is 0.833. The van der Waals surface area contributed by atoms with Crippen LogP contribution in [-0.2, 0) is 6.54 Å². The molecule has 1 aromatic carbocycles. The van der Waals surface area contributed by atoms with Crippen molar-refractivity contribution in [1.29, 1.82) is 0 Å². The molecule has 146 valence electrons. The van der Waals surface area contributed by atoms with Crippen LogP contribution < -0.4 is 0 Å². The zero-order valence-corrected chi connectivity index (χ0v) is 16.7. The molecule has 27 heavy (non-hydrogen) atoms. The molecule has 4 aliphatic rings. The molecule has 0 radical (unpaired) electrons. The Hall–Kier alpha value is -1.16. The van der Waals surface area contributed by atoms with Crippen molar-refractivity contribution < 1.29 is 0 Å². The summed E-state index contributed by atoms with van der Waals surface area (Å²) in [5.41, 5.74) is 1.45. The first kappa shape index (κ1) is 17.9. The SMILES string of the molecule is C1=C[C@@H]2C[C@@H]1C[C@@H]2CN1CCC(N2CCN(Cc3ccccc3)CC2)CC1. The third-order valence-electron chi connectivity index (χ3n) is 7.64. The average Bonchev–Trinajstić information content (AvgIpc) is 3.33. The standard InChI is InChI=1S/C24H35N3/c1-2-4-20(5-3-1)18-26-12-14-27(15-13-26)24-8-10-25(11-9-24)19-23-17-21-6-7-22(23)16-21/h1-7,21-24H,8-19H2/t21-,22-,23-/m1/s1. The highest BCUT2D eigenvalue weighted by Gasteiger charge is 2.37. The highest BCUT2D eigenvalue weighted by molar-refractivity contribution is 5.14.